The lowest BCUT2D eigenvalue weighted by atomic mass is 9.78. The molecule has 5 heteroatoms. The fourth-order valence-electron chi connectivity index (χ4n) is 5.39. The summed E-state index contributed by atoms with van der Waals surface area (Å²) in [6.45, 7) is 16.5. The molecule has 0 aromatic heterocycles. The second kappa shape index (κ2) is 9.22. The smallest absolute Gasteiger partial charge is 0.224 e. The molecule has 1 saturated heterocycles. The van der Waals surface area contributed by atoms with E-state index < -0.39 is 0 Å². The number of benzene rings is 1. The van der Waals surface area contributed by atoms with Crippen LogP contribution in [0.3, 0.4) is 0 Å². The van der Waals surface area contributed by atoms with Crippen molar-refractivity contribution in [3.8, 4) is 0 Å². The van der Waals surface area contributed by atoms with E-state index in [1.165, 1.54) is 11.3 Å². The number of nitrogens with zero attached hydrogens (tertiary/aromatic N) is 2. The van der Waals surface area contributed by atoms with Gasteiger partial charge in [-0.2, -0.15) is 0 Å². The number of nitrogens with one attached hydrogen (secondary N) is 1. The van der Waals surface area contributed by atoms with Crippen LogP contribution >= 0.6 is 0 Å². The Balaban J connectivity index is 1.65. The Morgan fingerprint density at radius 1 is 1.16 bits per heavy atom. The SMILES string of the molecule is CCC(C(=O)NC1CCN(c2ccc3c(c2)C[C@@H](C)[C@H](C)N3C(C)=O)CC1)C(C)(C)C. The maximum Gasteiger partial charge on any atom is 0.224 e. The lowest BCUT2D eigenvalue weighted by molar-refractivity contribution is -0.129. The van der Waals surface area contributed by atoms with Gasteiger partial charge in [-0.1, -0.05) is 34.6 Å². The highest BCUT2D eigenvalue weighted by Gasteiger charge is 2.33. The minimum atomic E-state index is -0.00887. The zero-order chi connectivity index (χ0) is 22.9. The van der Waals surface area contributed by atoms with Gasteiger partial charge in [0.1, 0.15) is 0 Å². The molecule has 2 aliphatic heterocycles. The maximum absolute atomic E-state index is 12.8. The second-order valence-corrected chi connectivity index (χ2v) is 10.7. The first-order chi connectivity index (χ1) is 14.5. The summed E-state index contributed by atoms with van der Waals surface area (Å²) >= 11 is 0. The third-order valence-electron chi connectivity index (χ3n) is 7.41. The molecule has 2 aliphatic rings. The van der Waals surface area contributed by atoms with Gasteiger partial charge in [0.2, 0.25) is 11.8 Å². The highest BCUT2D eigenvalue weighted by Crippen LogP contribution is 2.37. The Morgan fingerprint density at radius 2 is 1.81 bits per heavy atom. The molecule has 2 amide bonds. The van der Waals surface area contributed by atoms with Gasteiger partial charge in [-0.15, -0.1) is 0 Å². The Bertz CT molecular complexity index is 805. The van der Waals surface area contributed by atoms with E-state index in [1.54, 1.807) is 6.92 Å². The van der Waals surface area contributed by atoms with Crippen LogP contribution in [0.25, 0.3) is 0 Å². The van der Waals surface area contributed by atoms with E-state index in [2.05, 4.69) is 70.0 Å². The number of hydrogen-bond donors (Lipinski definition) is 1. The summed E-state index contributed by atoms with van der Waals surface area (Å²) in [5, 5.41) is 3.32. The van der Waals surface area contributed by atoms with E-state index in [4.69, 9.17) is 0 Å². The van der Waals surface area contributed by atoms with Crippen molar-refractivity contribution in [2.24, 2.45) is 17.3 Å². The van der Waals surface area contributed by atoms with Gasteiger partial charge in [0.15, 0.2) is 0 Å². The van der Waals surface area contributed by atoms with Crippen LogP contribution in [-0.4, -0.2) is 37.0 Å². The Labute approximate surface area is 188 Å². The molecule has 1 aromatic rings. The largest absolute Gasteiger partial charge is 0.371 e. The van der Waals surface area contributed by atoms with Crippen LogP contribution in [0.15, 0.2) is 18.2 Å². The highest BCUT2D eigenvalue weighted by atomic mass is 16.2. The third kappa shape index (κ3) is 5.07. The topological polar surface area (TPSA) is 52.7 Å². The first-order valence-electron chi connectivity index (χ1n) is 12.0. The number of carbonyl (C=O) groups excluding carboxylic acids is 2. The average molecular weight is 428 g/mol. The molecule has 3 rings (SSSR count). The number of fused-ring (bicyclic) bond motifs is 1. The Morgan fingerprint density at radius 3 is 2.35 bits per heavy atom. The van der Waals surface area contributed by atoms with Gasteiger partial charge in [0.25, 0.3) is 0 Å². The number of carbonyl (C=O) groups is 2. The average Bonchev–Trinajstić information content (AvgIpc) is 2.68. The summed E-state index contributed by atoms with van der Waals surface area (Å²) in [6.07, 6.45) is 3.82. The molecule has 31 heavy (non-hydrogen) atoms. The standard InChI is InChI=1S/C26H41N3O2/c1-8-23(26(5,6)7)25(31)27-21-11-13-28(14-12-21)22-9-10-24-20(16-22)15-17(2)18(3)29(24)19(4)30/h9-10,16-18,21,23H,8,11-15H2,1-7H3,(H,27,31)/t17-,18+,23?/m1/s1. The molecule has 0 bridgehead atoms. The molecule has 3 atom stereocenters. The normalized spacial score (nSPS) is 23.3. The summed E-state index contributed by atoms with van der Waals surface area (Å²) in [5.41, 5.74) is 3.56. The number of piperidine rings is 1. The summed E-state index contributed by atoms with van der Waals surface area (Å²) in [5.74, 6) is 0.821. The van der Waals surface area contributed by atoms with E-state index in [-0.39, 0.29) is 35.2 Å². The summed E-state index contributed by atoms with van der Waals surface area (Å²) in [6, 6.07) is 7.04. The monoisotopic (exact) mass is 427 g/mol. The fourth-order valence-corrected chi connectivity index (χ4v) is 5.39. The van der Waals surface area contributed by atoms with Crippen LogP contribution in [0.4, 0.5) is 11.4 Å². The second-order valence-electron chi connectivity index (χ2n) is 10.7. The van der Waals surface area contributed by atoms with E-state index in [0.29, 0.717) is 5.92 Å². The van der Waals surface area contributed by atoms with Crippen LogP contribution in [0.5, 0.6) is 0 Å². The predicted molar refractivity (Wildman–Crippen MR) is 129 cm³/mol. The molecule has 2 heterocycles. The van der Waals surface area contributed by atoms with Gasteiger partial charge in [-0.25, -0.2) is 0 Å². The Kier molecular flexibility index (Phi) is 7.02. The van der Waals surface area contributed by atoms with Crippen molar-refractivity contribution in [2.45, 2.75) is 86.2 Å². The van der Waals surface area contributed by atoms with Gasteiger partial charge in [-0.3, -0.25) is 9.59 Å². The fraction of sp³-hybridized carbons (Fsp3) is 0.692. The van der Waals surface area contributed by atoms with Gasteiger partial charge >= 0.3 is 0 Å². The van der Waals surface area contributed by atoms with E-state index in [0.717, 1.165) is 44.5 Å². The van der Waals surface area contributed by atoms with Crippen molar-refractivity contribution in [3.63, 3.8) is 0 Å². The highest BCUT2D eigenvalue weighted by molar-refractivity contribution is 5.94. The van der Waals surface area contributed by atoms with Crippen LogP contribution in [0, 0.1) is 17.3 Å². The van der Waals surface area contributed by atoms with Crippen LogP contribution in [0.1, 0.15) is 73.3 Å². The quantitative estimate of drug-likeness (QED) is 0.752. The van der Waals surface area contributed by atoms with Crippen molar-refractivity contribution in [2.75, 3.05) is 22.9 Å². The van der Waals surface area contributed by atoms with E-state index in [9.17, 15) is 9.59 Å². The zero-order valence-electron chi connectivity index (χ0n) is 20.5. The summed E-state index contributed by atoms with van der Waals surface area (Å²) < 4.78 is 0. The van der Waals surface area contributed by atoms with Gasteiger partial charge in [0, 0.05) is 49.4 Å². The number of rotatable bonds is 4. The molecule has 0 spiro atoms. The molecule has 1 N–H and O–H groups in total. The van der Waals surface area contributed by atoms with Crippen LogP contribution < -0.4 is 15.1 Å². The van der Waals surface area contributed by atoms with Crippen molar-refractivity contribution in [1.82, 2.24) is 5.32 Å². The van der Waals surface area contributed by atoms with Gasteiger partial charge in [0.05, 0.1) is 0 Å². The van der Waals surface area contributed by atoms with Crippen LogP contribution in [0.2, 0.25) is 0 Å². The minimum absolute atomic E-state index is 0.00887. The third-order valence-corrected chi connectivity index (χ3v) is 7.41. The van der Waals surface area contributed by atoms with E-state index in [1.807, 2.05) is 4.90 Å². The number of anilines is 2. The summed E-state index contributed by atoms with van der Waals surface area (Å²) in [7, 11) is 0. The minimum Gasteiger partial charge on any atom is -0.371 e. The Hall–Kier alpha value is -2.04. The predicted octanol–water partition coefficient (Wildman–Crippen LogP) is 4.78. The van der Waals surface area contributed by atoms with Crippen molar-refractivity contribution in [1.29, 1.82) is 0 Å². The van der Waals surface area contributed by atoms with Gasteiger partial charge in [-0.05, 0) is 67.7 Å². The van der Waals surface area contributed by atoms with Gasteiger partial charge < -0.3 is 15.1 Å². The first kappa shape index (κ1) is 23.6. The first-order valence-corrected chi connectivity index (χ1v) is 12.0. The van der Waals surface area contributed by atoms with Crippen LogP contribution in [-0.2, 0) is 16.0 Å². The van der Waals surface area contributed by atoms with Crippen molar-refractivity contribution >= 4 is 23.2 Å². The zero-order valence-corrected chi connectivity index (χ0v) is 20.5. The molecule has 1 unspecified atom stereocenters. The molecule has 0 aliphatic carbocycles. The lowest BCUT2D eigenvalue weighted by Gasteiger charge is -2.40. The molecule has 0 saturated carbocycles. The van der Waals surface area contributed by atoms with Crippen molar-refractivity contribution in [3.05, 3.63) is 23.8 Å². The molecule has 1 aromatic carbocycles. The number of hydrogen-bond acceptors (Lipinski definition) is 3. The molecule has 5 nitrogen and oxygen atoms in total. The van der Waals surface area contributed by atoms with Crippen molar-refractivity contribution < 1.29 is 9.59 Å². The lowest BCUT2D eigenvalue weighted by Crippen LogP contribution is -2.48. The summed E-state index contributed by atoms with van der Waals surface area (Å²) in [4.78, 5) is 29.4. The molecular weight excluding hydrogens is 386 g/mol. The molecule has 172 valence electrons. The molecular formula is C26H41N3O2. The van der Waals surface area contributed by atoms with E-state index >= 15 is 0 Å². The molecule has 1 fully saturated rings. The molecule has 0 radical (unpaired) electrons. The number of amides is 2. The maximum atomic E-state index is 12.8.